The van der Waals surface area contributed by atoms with E-state index in [9.17, 15) is 9.90 Å². The van der Waals surface area contributed by atoms with Gasteiger partial charge in [0.1, 0.15) is 11.2 Å². The van der Waals surface area contributed by atoms with Crippen molar-refractivity contribution in [2.45, 2.75) is 20.1 Å². The van der Waals surface area contributed by atoms with Crippen LogP contribution in [-0.2, 0) is 27.2 Å². The molecule has 0 amide bonds. The second kappa shape index (κ2) is 5.95. The average molecular weight is 353 g/mol. The highest BCUT2D eigenvalue weighted by Crippen LogP contribution is 2.31. The van der Waals surface area contributed by atoms with E-state index in [2.05, 4.69) is 15.4 Å². The van der Waals surface area contributed by atoms with Crippen LogP contribution in [0.2, 0.25) is 0 Å². The van der Waals surface area contributed by atoms with Crippen LogP contribution in [0.4, 0.5) is 11.6 Å². The lowest BCUT2D eigenvalue weighted by molar-refractivity contribution is 0.111. The van der Waals surface area contributed by atoms with Gasteiger partial charge in [0.2, 0.25) is 0 Å². The standard InChI is InChI=1S/C17H19N7O2/c1-4-24-11(8-26)5-12-15-14(18-9-22(15)2)16(20-17(12)24)19-13-6-10(7-25)23(3)21-13/h5-6,8-9,25H,4,7H2,1-3H3,(H,19,20,21). The third kappa shape index (κ3) is 2.28. The Balaban J connectivity index is 1.96. The van der Waals surface area contributed by atoms with E-state index < -0.39 is 0 Å². The summed E-state index contributed by atoms with van der Waals surface area (Å²) in [4.78, 5) is 20.6. The van der Waals surface area contributed by atoms with Gasteiger partial charge in [-0.05, 0) is 13.0 Å². The molecular formula is C17H19N7O2. The molecule has 26 heavy (non-hydrogen) atoms. The molecule has 0 saturated carbocycles. The van der Waals surface area contributed by atoms with Gasteiger partial charge in [-0.15, -0.1) is 0 Å². The van der Waals surface area contributed by atoms with E-state index in [1.54, 1.807) is 24.1 Å². The summed E-state index contributed by atoms with van der Waals surface area (Å²) in [6, 6.07) is 3.60. The van der Waals surface area contributed by atoms with Gasteiger partial charge in [-0.3, -0.25) is 9.48 Å². The minimum atomic E-state index is -0.0992. The van der Waals surface area contributed by atoms with Gasteiger partial charge < -0.3 is 19.6 Å². The average Bonchev–Trinajstić information content (AvgIpc) is 3.29. The fraction of sp³-hybridized carbons (Fsp3) is 0.294. The van der Waals surface area contributed by atoms with Crippen LogP contribution in [0, 0.1) is 0 Å². The van der Waals surface area contributed by atoms with Crippen LogP contribution in [0.15, 0.2) is 18.5 Å². The van der Waals surface area contributed by atoms with Crippen molar-refractivity contribution in [3.05, 3.63) is 29.8 Å². The summed E-state index contributed by atoms with van der Waals surface area (Å²) in [6.07, 6.45) is 2.56. The molecule has 0 unspecified atom stereocenters. The number of nitrogens with zero attached hydrogens (tertiary/aromatic N) is 6. The molecule has 0 bridgehead atoms. The number of pyridine rings is 1. The molecule has 9 heteroatoms. The number of carbonyl (C=O) groups excluding carboxylic acids is 1. The Morgan fingerprint density at radius 3 is 2.77 bits per heavy atom. The van der Waals surface area contributed by atoms with Gasteiger partial charge in [0, 0.05) is 32.1 Å². The van der Waals surface area contributed by atoms with Gasteiger partial charge in [0.15, 0.2) is 17.9 Å². The molecule has 0 saturated heterocycles. The number of fused-ring (bicyclic) bond motifs is 3. The van der Waals surface area contributed by atoms with Crippen LogP contribution >= 0.6 is 0 Å². The number of imidazole rings is 1. The van der Waals surface area contributed by atoms with Crippen LogP contribution in [0.3, 0.4) is 0 Å². The summed E-state index contributed by atoms with van der Waals surface area (Å²) in [5, 5.41) is 17.8. The number of aliphatic hydroxyl groups is 1. The quantitative estimate of drug-likeness (QED) is 0.530. The van der Waals surface area contributed by atoms with E-state index in [0.29, 0.717) is 40.7 Å². The summed E-state index contributed by atoms with van der Waals surface area (Å²) < 4.78 is 5.39. The number of hydrogen-bond acceptors (Lipinski definition) is 6. The van der Waals surface area contributed by atoms with Crippen molar-refractivity contribution in [2.75, 3.05) is 5.32 Å². The first-order chi connectivity index (χ1) is 12.6. The van der Waals surface area contributed by atoms with E-state index in [1.165, 1.54) is 0 Å². The first kappa shape index (κ1) is 16.3. The molecule has 0 aliphatic carbocycles. The topological polar surface area (TPSA) is 103 Å². The molecule has 0 spiro atoms. The maximum absolute atomic E-state index is 11.4. The number of rotatable bonds is 5. The summed E-state index contributed by atoms with van der Waals surface area (Å²) in [7, 11) is 3.68. The zero-order valence-corrected chi connectivity index (χ0v) is 14.8. The molecule has 0 radical (unpaired) electrons. The normalized spacial score (nSPS) is 11.5. The van der Waals surface area contributed by atoms with E-state index >= 15 is 0 Å². The fourth-order valence-corrected chi connectivity index (χ4v) is 3.29. The van der Waals surface area contributed by atoms with Crippen molar-refractivity contribution in [3.8, 4) is 0 Å². The molecule has 4 heterocycles. The van der Waals surface area contributed by atoms with Gasteiger partial charge in [-0.1, -0.05) is 0 Å². The van der Waals surface area contributed by atoms with Crippen molar-refractivity contribution in [1.29, 1.82) is 0 Å². The van der Waals surface area contributed by atoms with E-state index in [4.69, 9.17) is 4.98 Å². The van der Waals surface area contributed by atoms with Crippen LogP contribution < -0.4 is 5.32 Å². The maximum atomic E-state index is 11.4. The third-order valence-corrected chi connectivity index (χ3v) is 4.56. The summed E-state index contributed by atoms with van der Waals surface area (Å²) in [5.74, 6) is 1.13. The highest BCUT2D eigenvalue weighted by atomic mass is 16.3. The van der Waals surface area contributed by atoms with Crippen LogP contribution in [0.5, 0.6) is 0 Å². The van der Waals surface area contributed by atoms with E-state index in [0.717, 1.165) is 17.2 Å². The molecule has 4 aromatic rings. The van der Waals surface area contributed by atoms with E-state index in [-0.39, 0.29) is 6.61 Å². The van der Waals surface area contributed by atoms with Gasteiger partial charge >= 0.3 is 0 Å². The molecule has 134 valence electrons. The predicted octanol–water partition coefficient (Wildman–Crippen LogP) is 1.72. The molecule has 0 atom stereocenters. The number of carbonyl (C=O) groups is 1. The van der Waals surface area contributed by atoms with Gasteiger partial charge in [0.05, 0.1) is 29.8 Å². The van der Waals surface area contributed by atoms with Gasteiger partial charge in [-0.2, -0.15) is 5.10 Å². The molecular weight excluding hydrogens is 334 g/mol. The minimum Gasteiger partial charge on any atom is -0.390 e. The summed E-state index contributed by atoms with van der Waals surface area (Å²) in [5.41, 5.74) is 3.57. The van der Waals surface area contributed by atoms with Crippen LogP contribution in [-0.4, -0.2) is 40.3 Å². The summed E-state index contributed by atoms with van der Waals surface area (Å²) >= 11 is 0. The van der Waals surface area contributed by atoms with Crippen molar-refractivity contribution in [1.82, 2.24) is 28.9 Å². The molecule has 4 rings (SSSR count). The molecule has 0 fully saturated rings. The molecule has 2 N–H and O–H groups in total. The summed E-state index contributed by atoms with van der Waals surface area (Å²) in [6.45, 7) is 2.50. The first-order valence-corrected chi connectivity index (χ1v) is 8.27. The SMILES string of the molecule is CCn1c(C=O)cc2c3c(ncn3C)c(Nc3cc(CO)n(C)n3)nc21. The number of aliphatic hydroxyl groups excluding tert-OH is 1. The number of anilines is 2. The highest BCUT2D eigenvalue weighted by molar-refractivity contribution is 6.08. The number of aromatic nitrogens is 6. The molecule has 4 aromatic heterocycles. The maximum Gasteiger partial charge on any atom is 0.166 e. The van der Waals surface area contributed by atoms with Crippen molar-refractivity contribution < 1.29 is 9.90 Å². The van der Waals surface area contributed by atoms with Crippen LogP contribution in [0.25, 0.3) is 22.1 Å². The fourth-order valence-electron chi connectivity index (χ4n) is 3.29. The van der Waals surface area contributed by atoms with Crippen LogP contribution in [0.1, 0.15) is 23.1 Å². The number of aldehydes is 1. The van der Waals surface area contributed by atoms with Crippen molar-refractivity contribution in [3.63, 3.8) is 0 Å². The van der Waals surface area contributed by atoms with Crippen molar-refractivity contribution >= 4 is 40.0 Å². The highest BCUT2D eigenvalue weighted by Gasteiger charge is 2.18. The molecule has 0 aromatic carbocycles. The zero-order valence-electron chi connectivity index (χ0n) is 14.8. The third-order valence-electron chi connectivity index (χ3n) is 4.56. The Bertz CT molecular complexity index is 1140. The zero-order chi connectivity index (χ0) is 18.4. The van der Waals surface area contributed by atoms with Crippen molar-refractivity contribution in [2.24, 2.45) is 14.1 Å². The Kier molecular flexibility index (Phi) is 3.73. The molecule has 0 aliphatic rings. The van der Waals surface area contributed by atoms with Gasteiger partial charge in [-0.25, -0.2) is 9.97 Å². The Labute approximate surface area is 148 Å². The largest absolute Gasteiger partial charge is 0.390 e. The number of nitrogens with one attached hydrogen (secondary N) is 1. The number of hydrogen-bond donors (Lipinski definition) is 2. The lowest BCUT2D eigenvalue weighted by atomic mass is 10.2. The monoisotopic (exact) mass is 353 g/mol. The minimum absolute atomic E-state index is 0.0992. The Hall–Kier alpha value is -3.20. The number of aryl methyl sites for hydroxylation is 3. The second-order valence-corrected chi connectivity index (χ2v) is 6.11. The second-order valence-electron chi connectivity index (χ2n) is 6.11. The van der Waals surface area contributed by atoms with Gasteiger partial charge in [0.25, 0.3) is 0 Å². The molecule has 9 nitrogen and oxygen atoms in total. The lowest BCUT2D eigenvalue weighted by Crippen LogP contribution is -2.03. The Morgan fingerprint density at radius 1 is 1.31 bits per heavy atom. The molecule has 0 aliphatic heterocycles. The first-order valence-electron chi connectivity index (χ1n) is 8.27. The lowest BCUT2D eigenvalue weighted by Gasteiger charge is -2.08. The van der Waals surface area contributed by atoms with E-state index in [1.807, 2.05) is 29.2 Å². The predicted molar refractivity (Wildman–Crippen MR) is 97.5 cm³/mol. The Morgan fingerprint density at radius 2 is 2.12 bits per heavy atom. The smallest absolute Gasteiger partial charge is 0.166 e.